The molecule has 0 fully saturated rings. The molecular weight excluding hydrogens is 425 g/mol. The standard InChI is InChI=1S/6CN.Fe.3K.6H2O/c6*1-2;;;;;;;;;;/h;;;;;;;;;;6*1H2/q;;;;;;-3;3*+1;;;;;;. The molecule has 0 spiro atoms. The quantitative estimate of drug-likeness (QED) is 0.330. The Morgan fingerprint density at radius 2 is 0.455 bits per heavy atom. The Balaban J connectivity index is -0.0000000200. The van der Waals surface area contributed by atoms with Crippen LogP contribution in [0, 0.1) is 61.4 Å². The molecule has 0 saturated heterocycles. The van der Waals surface area contributed by atoms with E-state index >= 15 is 0 Å². The van der Waals surface area contributed by atoms with Crippen LogP contribution in [0.3, 0.4) is 0 Å². The normalized spacial score (nSPS) is 7.91. The van der Waals surface area contributed by atoms with Crippen molar-refractivity contribution in [1.29, 1.82) is 31.6 Å². The van der Waals surface area contributed by atoms with Gasteiger partial charge in [-0.25, -0.2) is 0 Å². The molecule has 0 radical (unpaired) electrons. The summed E-state index contributed by atoms with van der Waals surface area (Å²) in [5.74, 6) is 0. The molecule has 0 amide bonds. The number of hydrogen-bond acceptors (Lipinski definition) is 6. The van der Waals surface area contributed by atoms with Gasteiger partial charge in [0.15, 0.2) is 0 Å². The van der Waals surface area contributed by atoms with Crippen molar-refractivity contribution in [1.82, 2.24) is 0 Å². The Bertz CT molecular complexity index is 417. The summed E-state index contributed by atoms with van der Waals surface area (Å²) in [7, 11) is -6.17. The molecule has 0 heterocycles. The molecule has 16 heteroatoms. The molecule has 0 aliphatic carbocycles. The minimum absolute atomic E-state index is 0. The summed E-state index contributed by atoms with van der Waals surface area (Å²) >= 11 is 0. The zero-order valence-corrected chi connectivity index (χ0v) is 22.5. The van der Waals surface area contributed by atoms with Crippen molar-refractivity contribution in [3.8, 4) is 29.8 Å². The number of nitriles is 6. The first kappa shape index (κ1) is 64.7. The van der Waals surface area contributed by atoms with E-state index in [-0.39, 0.29) is 187 Å². The molecule has 0 aromatic heterocycles. The van der Waals surface area contributed by atoms with Gasteiger partial charge in [0.05, 0.1) is 0 Å². The summed E-state index contributed by atoms with van der Waals surface area (Å²) < 4.78 is 0. The maximum atomic E-state index is 8.58. The van der Waals surface area contributed by atoms with Crippen LogP contribution in [0.2, 0.25) is 0 Å². The fourth-order valence-corrected chi connectivity index (χ4v) is 1.09. The first-order valence-corrected chi connectivity index (χ1v) is 5.71. The fourth-order valence-electron chi connectivity index (χ4n) is 0.265. The van der Waals surface area contributed by atoms with Crippen LogP contribution in [0.25, 0.3) is 0 Å². The number of nitrogens with zero attached hydrogens (tertiary/aromatic N) is 6. The summed E-state index contributed by atoms with van der Waals surface area (Å²) in [6.07, 6.45) is 0. The SMILES string of the molecule is N#[C][Fe-3]([C]#N)([C]#N)([C]#N)([C]#N)[C]#N.O.O.O.O.O.O.[K+].[K+].[K+]. The summed E-state index contributed by atoms with van der Waals surface area (Å²) in [5, 5.41) is 51.5. The largest absolute Gasteiger partial charge is 1.00 e. The van der Waals surface area contributed by atoms with Crippen LogP contribution < -0.4 is 154 Å². The van der Waals surface area contributed by atoms with Crippen molar-refractivity contribution in [2.45, 2.75) is 0 Å². The third-order valence-corrected chi connectivity index (χ3v) is 4.89. The first-order chi connectivity index (χ1) is 5.97. The van der Waals surface area contributed by atoms with E-state index < -0.39 is 10.7 Å². The summed E-state index contributed by atoms with van der Waals surface area (Å²) in [5.41, 5.74) is 0. The van der Waals surface area contributed by atoms with Crippen molar-refractivity contribution in [2.24, 2.45) is 0 Å². The van der Waals surface area contributed by atoms with E-state index in [9.17, 15) is 0 Å². The van der Waals surface area contributed by atoms with Gasteiger partial charge in [-0.3, -0.25) is 0 Å². The summed E-state index contributed by atoms with van der Waals surface area (Å²) in [6.45, 7) is 0. The molecule has 0 aromatic carbocycles. The maximum absolute atomic E-state index is 8.58. The van der Waals surface area contributed by atoms with Gasteiger partial charge in [0.25, 0.3) is 0 Å². The van der Waals surface area contributed by atoms with Crippen molar-refractivity contribution in [3.63, 3.8) is 0 Å². The second-order valence-electron chi connectivity index (χ2n) is 1.80. The van der Waals surface area contributed by atoms with Crippen LogP contribution in [0.15, 0.2) is 0 Å². The van der Waals surface area contributed by atoms with E-state index in [4.69, 9.17) is 31.6 Å². The first-order valence-electron chi connectivity index (χ1n) is 2.40. The third kappa shape index (κ3) is 9.57. The molecule has 0 atom stereocenters. The van der Waals surface area contributed by atoms with Gasteiger partial charge in [0.2, 0.25) is 0 Å². The molecule has 0 unspecified atom stereocenters. The summed E-state index contributed by atoms with van der Waals surface area (Å²) in [4.78, 5) is 6.19. The Labute approximate surface area is 252 Å². The van der Waals surface area contributed by atoms with E-state index in [0.29, 0.717) is 0 Å². The Morgan fingerprint density at radius 3 is 0.455 bits per heavy atom. The van der Waals surface area contributed by atoms with Gasteiger partial charge in [0.1, 0.15) is 0 Å². The minimum atomic E-state index is -6.17. The van der Waals surface area contributed by atoms with Gasteiger partial charge >= 0.3 is 226 Å². The molecule has 0 rings (SSSR count). The summed E-state index contributed by atoms with van der Waals surface area (Å²) in [6, 6.07) is 0. The molecule has 113 valence electrons. The van der Waals surface area contributed by atoms with Crippen molar-refractivity contribution < 1.29 is 198 Å². The number of hydrogen-bond donors (Lipinski definition) is 0. The smallest absolute Gasteiger partial charge is 0.412 e. The zero-order valence-electron chi connectivity index (χ0n) is 12.0. The third-order valence-electron chi connectivity index (χ3n) is 1.19. The van der Waals surface area contributed by atoms with Gasteiger partial charge < -0.3 is 32.9 Å². The van der Waals surface area contributed by atoms with Gasteiger partial charge in [0, 0.05) is 0 Å². The Kier molecular flexibility index (Phi) is 62.2. The fraction of sp³-hybridized carbons (Fsp3) is 0. The Morgan fingerprint density at radius 1 is 0.364 bits per heavy atom. The average Bonchev–Trinajstić information content (AvgIpc) is 2.26. The van der Waals surface area contributed by atoms with E-state index in [2.05, 4.69) is 0 Å². The average molecular weight is 437 g/mol. The number of rotatable bonds is 0. The van der Waals surface area contributed by atoms with Crippen LogP contribution in [-0.2, 0) is 10.7 Å². The Hall–Kier alpha value is 2.13. The zero-order chi connectivity index (χ0) is 10.7. The monoisotopic (exact) mass is 437 g/mol. The molecule has 0 aliphatic rings. The second-order valence-corrected chi connectivity index (χ2v) is 7.42. The van der Waals surface area contributed by atoms with Crippen LogP contribution in [-0.4, -0.2) is 32.9 Å². The van der Waals surface area contributed by atoms with Crippen molar-refractivity contribution >= 4 is 0 Å². The van der Waals surface area contributed by atoms with E-state index in [1.54, 1.807) is 0 Å². The van der Waals surface area contributed by atoms with Crippen molar-refractivity contribution in [3.05, 3.63) is 0 Å². The van der Waals surface area contributed by atoms with Crippen LogP contribution in [0.5, 0.6) is 0 Å². The van der Waals surface area contributed by atoms with Crippen LogP contribution >= 0.6 is 0 Å². The second kappa shape index (κ2) is 21.2. The molecule has 12 nitrogen and oxygen atoms in total. The topological polar surface area (TPSA) is 332 Å². The predicted octanol–water partition coefficient (Wildman–Crippen LogP) is -13.8. The van der Waals surface area contributed by atoms with Gasteiger partial charge in [-0.1, -0.05) is 0 Å². The van der Waals surface area contributed by atoms with E-state index in [1.807, 2.05) is 0 Å². The van der Waals surface area contributed by atoms with Crippen molar-refractivity contribution in [2.75, 3.05) is 0 Å². The van der Waals surface area contributed by atoms with Gasteiger partial charge in [-0.05, 0) is 0 Å². The van der Waals surface area contributed by atoms with Crippen LogP contribution in [0.4, 0.5) is 0 Å². The molecule has 0 aliphatic heterocycles. The molecule has 0 saturated carbocycles. The predicted molar refractivity (Wildman–Crippen MR) is 55.4 cm³/mol. The molecule has 0 aromatic rings. The minimum Gasteiger partial charge on any atom is -0.412 e. The molecule has 12 N–H and O–H groups in total. The van der Waals surface area contributed by atoms with E-state index in [1.165, 1.54) is 0 Å². The molecule has 0 bridgehead atoms. The van der Waals surface area contributed by atoms with Gasteiger partial charge in [-0.2, -0.15) is 0 Å². The molecule has 22 heavy (non-hydrogen) atoms. The van der Waals surface area contributed by atoms with Crippen LogP contribution in [0.1, 0.15) is 0 Å². The maximum Gasteiger partial charge on any atom is 1.00 e. The molecular formula is C6H12FeK3N6O6. The van der Waals surface area contributed by atoms with E-state index in [0.717, 1.165) is 29.8 Å². The van der Waals surface area contributed by atoms with Gasteiger partial charge in [-0.15, -0.1) is 0 Å².